The van der Waals surface area contributed by atoms with Crippen molar-refractivity contribution in [2.75, 3.05) is 38.2 Å². The second-order valence-corrected chi connectivity index (χ2v) is 8.16. The van der Waals surface area contributed by atoms with Crippen molar-refractivity contribution in [2.24, 2.45) is 0 Å². The Hall–Kier alpha value is -2.93. The second kappa shape index (κ2) is 9.05. The average Bonchev–Trinajstić information content (AvgIpc) is 2.75. The van der Waals surface area contributed by atoms with Crippen LogP contribution in [0.5, 0.6) is 5.75 Å². The van der Waals surface area contributed by atoms with Crippen LogP contribution in [0.3, 0.4) is 0 Å². The summed E-state index contributed by atoms with van der Waals surface area (Å²) in [5, 5.41) is 11.7. The molecule has 0 aromatic heterocycles. The van der Waals surface area contributed by atoms with Gasteiger partial charge in [0.25, 0.3) is 5.91 Å². The predicted molar refractivity (Wildman–Crippen MR) is 106 cm³/mol. The van der Waals surface area contributed by atoms with E-state index in [9.17, 15) is 13.2 Å². The van der Waals surface area contributed by atoms with E-state index in [2.05, 4.69) is 5.32 Å². The zero-order valence-corrected chi connectivity index (χ0v) is 16.7. The summed E-state index contributed by atoms with van der Waals surface area (Å²) < 4.78 is 38.3. The molecule has 0 atom stereocenters. The van der Waals surface area contributed by atoms with Crippen LogP contribution in [0.15, 0.2) is 47.4 Å². The van der Waals surface area contributed by atoms with Gasteiger partial charge in [-0.2, -0.15) is 9.57 Å². The summed E-state index contributed by atoms with van der Waals surface area (Å²) in [5.41, 5.74) is 0.975. The number of carbonyl (C=O) groups is 1. The van der Waals surface area contributed by atoms with Gasteiger partial charge in [0.15, 0.2) is 0 Å². The van der Waals surface area contributed by atoms with Gasteiger partial charge < -0.3 is 14.8 Å². The minimum atomic E-state index is -3.81. The second-order valence-electron chi connectivity index (χ2n) is 6.26. The third-order valence-electron chi connectivity index (χ3n) is 4.34. The number of nitrogens with one attached hydrogen (secondary N) is 1. The Morgan fingerprint density at radius 2 is 2.00 bits per heavy atom. The predicted octanol–water partition coefficient (Wildman–Crippen LogP) is 2.23. The Bertz CT molecular complexity index is 1040. The van der Waals surface area contributed by atoms with Gasteiger partial charge in [-0.05, 0) is 43.3 Å². The molecule has 9 heteroatoms. The van der Waals surface area contributed by atoms with Crippen molar-refractivity contribution < 1.29 is 22.7 Å². The highest BCUT2D eigenvalue weighted by molar-refractivity contribution is 7.89. The number of hydrogen-bond donors (Lipinski definition) is 1. The zero-order valence-electron chi connectivity index (χ0n) is 15.9. The molecule has 0 spiro atoms. The van der Waals surface area contributed by atoms with E-state index in [1.54, 1.807) is 31.2 Å². The van der Waals surface area contributed by atoms with Crippen molar-refractivity contribution >= 4 is 21.6 Å². The summed E-state index contributed by atoms with van der Waals surface area (Å²) in [7, 11) is -3.81. The van der Waals surface area contributed by atoms with Crippen LogP contribution >= 0.6 is 0 Å². The molecule has 1 aliphatic heterocycles. The lowest BCUT2D eigenvalue weighted by Gasteiger charge is -2.27. The van der Waals surface area contributed by atoms with E-state index < -0.39 is 15.9 Å². The van der Waals surface area contributed by atoms with Gasteiger partial charge in [-0.15, -0.1) is 0 Å². The fourth-order valence-electron chi connectivity index (χ4n) is 2.92. The normalized spacial score (nSPS) is 14.8. The van der Waals surface area contributed by atoms with Crippen LogP contribution in [0.4, 0.5) is 5.69 Å². The summed E-state index contributed by atoms with van der Waals surface area (Å²) in [4.78, 5) is 12.5. The lowest BCUT2D eigenvalue weighted by atomic mass is 10.1. The maximum atomic E-state index is 13.1. The smallest absolute Gasteiger partial charge is 0.255 e. The number of nitrogens with zero attached hydrogens (tertiary/aromatic N) is 2. The molecule has 0 radical (unpaired) electrons. The van der Waals surface area contributed by atoms with Crippen LogP contribution in [-0.4, -0.2) is 51.5 Å². The Labute approximate surface area is 169 Å². The van der Waals surface area contributed by atoms with E-state index in [-0.39, 0.29) is 23.7 Å². The first kappa shape index (κ1) is 20.8. The molecule has 0 bridgehead atoms. The third kappa shape index (κ3) is 4.74. The van der Waals surface area contributed by atoms with Crippen molar-refractivity contribution in [3.8, 4) is 11.8 Å². The van der Waals surface area contributed by atoms with Crippen LogP contribution in [0, 0.1) is 11.3 Å². The fraction of sp³-hybridized carbons (Fsp3) is 0.300. The number of carbonyl (C=O) groups excluding carboxylic acids is 1. The first-order chi connectivity index (χ1) is 14.0. The first-order valence-electron chi connectivity index (χ1n) is 9.12. The number of amides is 1. The molecule has 152 valence electrons. The summed E-state index contributed by atoms with van der Waals surface area (Å²) >= 11 is 0. The third-order valence-corrected chi connectivity index (χ3v) is 6.26. The van der Waals surface area contributed by atoms with E-state index >= 15 is 0 Å². The SMILES string of the molecule is CCOc1ccc(NC(=O)c2cccc(C#N)c2)cc1S(=O)(=O)N1CCOCC1. The average molecular weight is 415 g/mol. The number of ether oxygens (including phenoxy) is 2. The highest BCUT2D eigenvalue weighted by Gasteiger charge is 2.29. The molecule has 8 nitrogen and oxygen atoms in total. The van der Waals surface area contributed by atoms with E-state index in [4.69, 9.17) is 14.7 Å². The fourth-order valence-corrected chi connectivity index (χ4v) is 4.49. The number of nitriles is 1. The molecule has 0 unspecified atom stereocenters. The molecular weight excluding hydrogens is 394 g/mol. The Morgan fingerprint density at radius 3 is 2.69 bits per heavy atom. The number of benzene rings is 2. The monoisotopic (exact) mass is 415 g/mol. The van der Waals surface area contributed by atoms with E-state index in [1.165, 1.54) is 22.5 Å². The Morgan fingerprint density at radius 1 is 1.24 bits per heavy atom. The lowest BCUT2D eigenvalue weighted by molar-refractivity contribution is 0.0729. The number of sulfonamides is 1. The van der Waals surface area contributed by atoms with E-state index in [0.717, 1.165) is 0 Å². The number of rotatable bonds is 6. The van der Waals surface area contributed by atoms with Gasteiger partial charge in [-0.1, -0.05) is 6.07 Å². The van der Waals surface area contributed by atoms with Crippen LogP contribution in [0.1, 0.15) is 22.8 Å². The van der Waals surface area contributed by atoms with Gasteiger partial charge in [0.1, 0.15) is 10.6 Å². The largest absolute Gasteiger partial charge is 0.492 e. The summed E-state index contributed by atoms with van der Waals surface area (Å²) in [5.74, 6) is -0.218. The van der Waals surface area contributed by atoms with Crippen LogP contribution in [0.2, 0.25) is 0 Å². The summed E-state index contributed by atoms with van der Waals surface area (Å²) in [6.45, 7) is 3.24. The van der Waals surface area contributed by atoms with Crippen LogP contribution in [-0.2, 0) is 14.8 Å². The highest BCUT2D eigenvalue weighted by atomic mass is 32.2. The Kier molecular flexibility index (Phi) is 6.49. The van der Waals surface area contributed by atoms with Gasteiger partial charge in [0.2, 0.25) is 10.0 Å². The topological polar surface area (TPSA) is 109 Å². The van der Waals surface area contributed by atoms with E-state index in [0.29, 0.717) is 36.6 Å². The van der Waals surface area contributed by atoms with Crippen molar-refractivity contribution in [3.05, 3.63) is 53.6 Å². The molecule has 1 fully saturated rings. The van der Waals surface area contributed by atoms with Crippen molar-refractivity contribution in [1.82, 2.24) is 4.31 Å². The minimum absolute atomic E-state index is 0.00942. The van der Waals surface area contributed by atoms with Crippen LogP contribution in [0.25, 0.3) is 0 Å². The van der Waals surface area contributed by atoms with Crippen molar-refractivity contribution in [1.29, 1.82) is 5.26 Å². The molecule has 1 saturated heterocycles. The van der Waals surface area contributed by atoms with Crippen LogP contribution < -0.4 is 10.1 Å². The zero-order chi connectivity index (χ0) is 20.9. The van der Waals surface area contributed by atoms with Gasteiger partial charge in [-0.25, -0.2) is 8.42 Å². The molecule has 2 aromatic carbocycles. The lowest BCUT2D eigenvalue weighted by Crippen LogP contribution is -2.40. The highest BCUT2D eigenvalue weighted by Crippen LogP contribution is 2.30. The molecule has 1 heterocycles. The van der Waals surface area contributed by atoms with Gasteiger partial charge >= 0.3 is 0 Å². The van der Waals surface area contributed by atoms with E-state index in [1.807, 2.05) is 6.07 Å². The number of morpholine rings is 1. The molecule has 1 amide bonds. The molecule has 1 N–H and O–H groups in total. The maximum Gasteiger partial charge on any atom is 0.255 e. The molecule has 1 aliphatic rings. The van der Waals surface area contributed by atoms with Gasteiger partial charge in [0, 0.05) is 24.3 Å². The molecule has 0 aliphatic carbocycles. The van der Waals surface area contributed by atoms with Gasteiger partial charge in [0.05, 0.1) is 31.5 Å². The standard InChI is InChI=1S/C20H21N3O5S/c1-2-28-18-7-6-17(22-20(24)16-5-3-4-15(12-16)14-21)13-19(18)29(25,26)23-8-10-27-11-9-23/h3-7,12-13H,2,8-11H2,1H3,(H,22,24). The quantitative estimate of drug-likeness (QED) is 0.775. The van der Waals surface area contributed by atoms with Crippen molar-refractivity contribution in [3.63, 3.8) is 0 Å². The first-order valence-corrected chi connectivity index (χ1v) is 10.6. The maximum absolute atomic E-state index is 13.1. The number of hydrogen-bond acceptors (Lipinski definition) is 6. The summed E-state index contributed by atoms with van der Waals surface area (Å²) in [6, 6.07) is 12.7. The molecule has 2 aromatic rings. The molecule has 3 rings (SSSR count). The molecule has 29 heavy (non-hydrogen) atoms. The van der Waals surface area contributed by atoms with Crippen molar-refractivity contribution in [2.45, 2.75) is 11.8 Å². The minimum Gasteiger partial charge on any atom is -0.492 e. The van der Waals surface area contributed by atoms with Gasteiger partial charge in [-0.3, -0.25) is 4.79 Å². The summed E-state index contributed by atoms with van der Waals surface area (Å²) in [6.07, 6.45) is 0. The number of anilines is 1. The molecule has 0 saturated carbocycles. The Balaban J connectivity index is 1.92. The molecular formula is C20H21N3O5S.